The molecule has 0 bridgehead atoms. The van der Waals surface area contributed by atoms with Crippen molar-refractivity contribution >= 4 is 17.3 Å². The van der Waals surface area contributed by atoms with Crippen LogP contribution in [0.5, 0.6) is 0 Å². The minimum atomic E-state index is -0.383. The van der Waals surface area contributed by atoms with Gasteiger partial charge in [-0.2, -0.15) is 0 Å². The monoisotopic (exact) mass is 390 g/mol. The number of piperidine rings is 1. The Morgan fingerprint density at radius 1 is 1.29 bits per heavy atom. The maximum Gasteiger partial charge on any atom is 0.293 e. The van der Waals surface area contributed by atoms with Gasteiger partial charge < -0.3 is 15.1 Å². The van der Waals surface area contributed by atoms with Crippen LogP contribution in [0.25, 0.3) is 0 Å². The molecule has 2 unspecified atom stereocenters. The molecular formula is C21H34N4O3. The average molecular weight is 391 g/mol. The molecule has 1 fully saturated rings. The van der Waals surface area contributed by atoms with E-state index >= 15 is 0 Å². The number of amides is 1. The van der Waals surface area contributed by atoms with Gasteiger partial charge in [0.25, 0.3) is 11.6 Å². The standard InChI is InChI=1S/C21H34N4O3/c1-15-9-16(2)12-24(11-15)18-8-7-17(10-19(18)25(27)28)20(26)22-13-21(3,4)14-23(5)6/h7-8,10,15-16H,9,11-14H2,1-6H3,(H,22,26). The molecule has 7 heteroatoms. The third-order valence-electron chi connectivity index (χ3n) is 5.12. The number of hydrogen-bond acceptors (Lipinski definition) is 5. The van der Waals surface area contributed by atoms with Crippen LogP contribution in [0.15, 0.2) is 18.2 Å². The second-order valence-corrected chi connectivity index (χ2v) is 9.40. The Balaban J connectivity index is 2.17. The molecule has 1 saturated heterocycles. The third-order valence-corrected chi connectivity index (χ3v) is 5.12. The van der Waals surface area contributed by atoms with Crippen LogP contribution >= 0.6 is 0 Å². The van der Waals surface area contributed by atoms with Crippen LogP contribution in [-0.2, 0) is 0 Å². The number of rotatable bonds is 7. The topological polar surface area (TPSA) is 78.7 Å². The van der Waals surface area contributed by atoms with Gasteiger partial charge in [-0.3, -0.25) is 14.9 Å². The van der Waals surface area contributed by atoms with Gasteiger partial charge in [0.2, 0.25) is 0 Å². The molecule has 0 spiro atoms. The van der Waals surface area contributed by atoms with Crippen molar-refractivity contribution in [1.29, 1.82) is 0 Å². The van der Waals surface area contributed by atoms with Crippen molar-refractivity contribution in [2.24, 2.45) is 17.3 Å². The van der Waals surface area contributed by atoms with Crippen LogP contribution in [0.3, 0.4) is 0 Å². The highest BCUT2D eigenvalue weighted by molar-refractivity contribution is 5.95. The molecule has 156 valence electrons. The van der Waals surface area contributed by atoms with Crippen LogP contribution in [0.2, 0.25) is 0 Å². The van der Waals surface area contributed by atoms with E-state index in [1.54, 1.807) is 12.1 Å². The summed E-state index contributed by atoms with van der Waals surface area (Å²) in [6.07, 6.45) is 1.13. The SMILES string of the molecule is CC1CC(C)CN(c2ccc(C(=O)NCC(C)(C)CN(C)C)cc2[N+](=O)[O-])C1. The molecule has 1 aliphatic rings. The number of carbonyl (C=O) groups excluding carboxylic acids is 1. The molecule has 1 aromatic carbocycles. The first-order chi connectivity index (χ1) is 13.0. The predicted molar refractivity (Wildman–Crippen MR) is 113 cm³/mol. The molecule has 1 aliphatic heterocycles. The zero-order valence-electron chi connectivity index (χ0n) is 18.0. The largest absolute Gasteiger partial charge is 0.365 e. The van der Waals surface area contributed by atoms with Crippen LogP contribution in [0.1, 0.15) is 44.5 Å². The molecule has 0 aromatic heterocycles. The zero-order valence-corrected chi connectivity index (χ0v) is 18.0. The van der Waals surface area contributed by atoms with Gasteiger partial charge in [-0.25, -0.2) is 0 Å². The Labute approximate surface area is 168 Å². The molecule has 1 aromatic rings. The van der Waals surface area contributed by atoms with Crippen LogP contribution in [0, 0.1) is 27.4 Å². The first kappa shape index (κ1) is 22.1. The van der Waals surface area contributed by atoms with Gasteiger partial charge in [0.1, 0.15) is 5.69 Å². The Morgan fingerprint density at radius 2 is 1.89 bits per heavy atom. The summed E-state index contributed by atoms with van der Waals surface area (Å²) >= 11 is 0. The van der Waals surface area contributed by atoms with E-state index in [0.29, 0.717) is 29.6 Å². The molecule has 2 rings (SSSR count). The molecule has 2 atom stereocenters. The van der Waals surface area contributed by atoms with Crippen molar-refractivity contribution in [3.05, 3.63) is 33.9 Å². The van der Waals surface area contributed by atoms with Gasteiger partial charge in [-0.05, 0) is 49.9 Å². The molecule has 0 saturated carbocycles. The lowest BCUT2D eigenvalue weighted by Gasteiger charge is -2.36. The second kappa shape index (κ2) is 8.90. The Kier molecular flexibility index (Phi) is 7.04. The van der Waals surface area contributed by atoms with E-state index in [9.17, 15) is 14.9 Å². The number of carbonyl (C=O) groups is 1. The highest BCUT2D eigenvalue weighted by atomic mass is 16.6. The van der Waals surface area contributed by atoms with Gasteiger partial charge in [-0.15, -0.1) is 0 Å². The molecule has 1 N–H and O–H groups in total. The molecule has 0 aliphatic carbocycles. The minimum Gasteiger partial charge on any atom is -0.365 e. The molecule has 0 radical (unpaired) electrons. The molecule has 28 heavy (non-hydrogen) atoms. The summed E-state index contributed by atoms with van der Waals surface area (Å²) in [6.45, 7) is 11.4. The van der Waals surface area contributed by atoms with Crippen molar-refractivity contribution in [1.82, 2.24) is 10.2 Å². The van der Waals surface area contributed by atoms with E-state index in [-0.39, 0.29) is 21.9 Å². The van der Waals surface area contributed by atoms with E-state index in [2.05, 4.69) is 42.8 Å². The fraction of sp³-hybridized carbons (Fsp3) is 0.667. The number of nitrogens with zero attached hydrogens (tertiary/aromatic N) is 3. The summed E-state index contributed by atoms with van der Waals surface area (Å²) in [4.78, 5) is 28.0. The van der Waals surface area contributed by atoms with Crippen molar-refractivity contribution in [3.8, 4) is 0 Å². The fourth-order valence-electron chi connectivity index (χ4n) is 4.27. The zero-order chi connectivity index (χ0) is 21.1. The van der Waals surface area contributed by atoms with Gasteiger partial charge in [-0.1, -0.05) is 27.7 Å². The maximum absolute atomic E-state index is 12.6. The lowest BCUT2D eigenvalue weighted by molar-refractivity contribution is -0.384. The highest BCUT2D eigenvalue weighted by Gasteiger charge is 2.28. The lowest BCUT2D eigenvalue weighted by Crippen LogP contribution is -2.40. The van der Waals surface area contributed by atoms with Crippen molar-refractivity contribution < 1.29 is 9.72 Å². The summed E-state index contributed by atoms with van der Waals surface area (Å²) in [5.74, 6) is 0.706. The summed E-state index contributed by atoms with van der Waals surface area (Å²) in [5, 5.41) is 14.6. The average Bonchev–Trinajstić information content (AvgIpc) is 2.57. The number of nitro groups is 1. The van der Waals surface area contributed by atoms with E-state index in [4.69, 9.17) is 0 Å². The third kappa shape index (κ3) is 5.92. The summed E-state index contributed by atoms with van der Waals surface area (Å²) in [7, 11) is 3.99. The number of anilines is 1. The molecule has 1 amide bonds. The van der Waals surface area contributed by atoms with Crippen molar-refractivity contribution in [2.45, 2.75) is 34.1 Å². The van der Waals surface area contributed by atoms with Gasteiger partial charge in [0, 0.05) is 37.8 Å². The Bertz CT molecular complexity index is 708. The number of hydrogen-bond donors (Lipinski definition) is 1. The summed E-state index contributed by atoms with van der Waals surface area (Å²) < 4.78 is 0. The Morgan fingerprint density at radius 3 is 2.43 bits per heavy atom. The normalized spacial score (nSPS) is 20.3. The van der Waals surface area contributed by atoms with E-state index in [1.165, 1.54) is 6.07 Å². The molecule has 1 heterocycles. The fourth-order valence-corrected chi connectivity index (χ4v) is 4.27. The van der Waals surface area contributed by atoms with E-state index in [1.807, 2.05) is 14.1 Å². The van der Waals surface area contributed by atoms with Crippen LogP contribution in [0.4, 0.5) is 11.4 Å². The first-order valence-electron chi connectivity index (χ1n) is 9.95. The minimum absolute atomic E-state index is 0.00139. The second-order valence-electron chi connectivity index (χ2n) is 9.40. The number of nitro benzene ring substituents is 1. The van der Waals surface area contributed by atoms with Gasteiger partial charge >= 0.3 is 0 Å². The van der Waals surface area contributed by atoms with Crippen LogP contribution < -0.4 is 10.2 Å². The van der Waals surface area contributed by atoms with Gasteiger partial charge in [0.15, 0.2) is 0 Å². The van der Waals surface area contributed by atoms with Gasteiger partial charge in [0.05, 0.1) is 4.92 Å². The quantitative estimate of drug-likeness (QED) is 0.570. The van der Waals surface area contributed by atoms with E-state index in [0.717, 1.165) is 26.1 Å². The lowest BCUT2D eigenvalue weighted by atomic mass is 9.91. The summed E-state index contributed by atoms with van der Waals surface area (Å²) in [6, 6.07) is 4.83. The smallest absolute Gasteiger partial charge is 0.293 e. The summed E-state index contributed by atoms with van der Waals surface area (Å²) in [5.41, 5.74) is 0.842. The predicted octanol–water partition coefficient (Wildman–Crippen LogP) is 3.39. The number of nitrogens with one attached hydrogen (secondary N) is 1. The highest BCUT2D eigenvalue weighted by Crippen LogP contribution is 2.33. The molecular weight excluding hydrogens is 356 g/mol. The Hall–Kier alpha value is -2.15. The first-order valence-corrected chi connectivity index (χ1v) is 9.95. The van der Waals surface area contributed by atoms with Crippen molar-refractivity contribution in [3.63, 3.8) is 0 Å². The maximum atomic E-state index is 12.6. The molecule has 7 nitrogen and oxygen atoms in total. The van der Waals surface area contributed by atoms with Crippen LogP contribution in [-0.4, -0.2) is 56.0 Å². The van der Waals surface area contributed by atoms with Crippen molar-refractivity contribution in [2.75, 3.05) is 45.2 Å². The van der Waals surface area contributed by atoms with E-state index < -0.39 is 0 Å². The number of benzene rings is 1.